The van der Waals surface area contributed by atoms with E-state index in [1.165, 1.54) is 28.0 Å². The molecule has 0 bridgehead atoms. The minimum absolute atomic E-state index is 0.166. The summed E-state index contributed by atoms with van der Waals surface area (Å²) in [6.07, 6.45) is 1.76. The molecular formula is C31H25BrFIN2O5S. The standard InChI is InChI=1S/C31H25BrFIN2O5S/c1-4-40-30(38)26-17(2)35-31-36(27(26)20-7-11-22(33)12-8-20)29(37)25(42-31)15-19-13-23(34)28(24(14-19)39-3)41-16-18-5-9-21(32)10-6-18/h5-15,27H,4,16H2,1-3H3/b25-15-/t27-/m1/s1. The molecule has 5 rings (SSSR count). The monoisotopic (exact) mass is 762 g/mol. The van der Waals surface area contributed by atoms with Gasteiger partial charge in [-0.05, 0) is 95.6 Å². The number of methoxy groups -OCH3 is 1. The van der Waals surface area contributed by atoms with Gasteiger partial charge in [0.25, 0.3) is 5.56 Å². The Kier molecular flexibility index (Phi) is 9.28. The van der Waals surface area contributed by atoms with Crippen LogP contribution in [0.15, 0.2) is 86.2 Å². The minimum Gasteiger partial charge on any atom is -0.493 e. The summed E-state index contributed by atoms with van der Waals surface area (Å²) in [6.45, 7) is 3.95. The molecule has 7 nitrogen and oxygen atoms in total. The van der Waals surface area contributed by atoms with E-state index in [1.54, 1.807) is 39.2 Å². The maximum atomic E-state index is 13.9. The summed E-state index contributed by atoms with van der Waals surface area (Å²) >= 11 is 6.84. The van der Waals surface area contributed by atoms with Gasteiger partial charge in [0.05, 0.1) is 39.1 Å². The van der Waals surface area contributed by atoms with Crippen LogP contribution in [-0.2, 0) is 16.1 Å². The number of allylic oxidation sites excluding steroid dienone is 1. The highest BCUT2D eigenvalue weighted by Crippen LogP contribution is 2.35. The lowest BCUT2D eigenvalue weighted by molar-refractivity contribution is -0.139. The van der Waals surface area contributed by atoms with Crippen molar-refractivity contribution >= 4 is 61.9 Å². The zero-order valence-electron chi connectivity index (χ0n) is 22.8. The SMILES string of the molecule is CCOC(=O)C1=C(C)N=c2s/c(=C\c3cc(I)c(OCc4ccc(Br)cc4)c(OC)c3)c(=O)n2[C@@H]1c1ccc(F)cc1. The van der Waals surface area contributed by atoms with Crippen molar-refractivity contribution in [1.82, 2.24) is 4.57 Å². The van der Waals surface area contributed by atoms with Gasteiger partial charge in [0.1, 0.15) is 12.4 Å². The van der Waals surface area contributed by atoms with E-state index in [4.69, 9.17) is 14.2 Å². The largest absolute Gasteiger partial charge is 0.493 e. The molecule has 0 N–H and O–H groups in total. The predicted molar refractivity (Wildman–Crippen MR) is 171 cm³/mol. The molecule has 0 radical (unpaired) electrons. The number of nitrogens with zero attached hydrogens (tertiary/aromatic N) is 2. The number of hydrogen-bond donors (Lipinski definition) is 0. The van der Waals surface area contributed by atoms with Gasteiger partial charge in [0.15, 0.2) is 16.3 Å². The number of carbonyl (C=O) groups excluding carboxylic acids is 1. The van der Waals surface area contributed by atoms with Gasteiger partial charge in [0.2, 0.25) is 0 Å². The lowest BCUT2D eigenvalue weighted by atomic mass is 9.96. The normalized spacial score (nSPS) is 14.8. The van der Waals surface area contributed by atoms with Crippen LogP contribution in [0.3, 0.4) is 0 Å². The zero-order chi connectivity index (χ0) is 30.0. The van der Waals surface area contributed by atoms with Crippen LogP contribution in [0.5, 0.6) is 11.5 Å². The highest BCUT2D eigenvalue weighted by molar-refractivity contribution is 14.1. The number of esters is 1. The minimum atomic E-state index is -0.813. The summed E-state index contributed by atoms with van der Waals surface area (Å²) in [5.74, 6) is 0.144. The second-order valence-electron chi connectivity index (χ2n) is 9.30. The summed E-state index contributed by atoms with van der Waals surface area (Å²) in [6, 6.07) is 16.5. The van der Waals surface area contributed by atoms with E-state index in [0.29, 0.717) is 38.7 Å². The number of aromatic nitrogens is 1. The molecule has 11 heteroatoms. The molecule has 3 aromatic carbocycles. The first-order valence-corrected chi connectivity index (χ1v) is 15.6. The highest BCUT2D eigenvalue weighted by Gasteiger charge is 2.33. The van der Waals surface area contributed by atoms with Crippen molar-refractivity contribution in [3.8, 4) is 11.5 Å². The van der Waals surface area contributed by atoms with Crippen molar-refractivity contribution in [2.45, 2.75) is 26.5 Å². The maximum Gasteiger partial charge on any atom is 0.338 e. The van der Waals surface area contributed by atoms with Gasteiger partial charge in [-0.3, -0.25) is 9.36 Å². The van der Waals surface area contributed by atoms with E-state index >= 15 is 0 Å². The third-order valence-corrected chi connectivity index (χ3v) is 8.86. The molecule has 216 valence electrons. The van der Waals surface area contributed by atoms with Crippen LogP contribution < -0.4 is 24.4 Å². The first kappa shape index (κ1) is 30.2. The Balaban J connectivity index is 1.56. The van der Waals surface area contributed by atoms with E-state index in [0.717, 1.165) is 19.2 Å². The summed E-state index contributed by atoms with van der Waals surface area (Å²) in [5, 5.41) is 0. The Morgan fingerprint density at radius 2 is 1.88 bits per heavy atom. The molecule has 1 aliphatic heterocycles. The topological polar surface area (TPSA) is 79.1 Å². The Morgan fingerprint density at radius 1 is 1.17 bits per heavy atom. The van der Waals surface area contributed by atoms with Gasteiger partial charge in [-0.2, -0.15) is 0 Å². The molecular weight excluding hydrogens is 738 g/mol. The Labute approximate surface area is 267 Å². The van der Waals surface area contributed by atoms with Crippen LogP contribution in [0.2, 0.25) is 0 Å². The molecule has 4 aromatic rings. The number of fused-ring (bicyclic) bond motifs is 1. The van der Waals surface area contributed by atoms with Gasteiger partial charge in [0, 0.05) is 4.47 Å². The van der Waals surface area contributed by atoms with E-state index < -0.39 is 17.8 Å². The van der Waals surface area contributed by atoms with E-state index in [-0.39, 0.29) is 17.7 Å². The molecule has 0 amide bonds. The molecule has 2 heterocycles. The average Bonchev–Trinajstić information content (AvgIpc) is 3.26. The van der Waals surface area contributed by atoms with Crippen LogP contribution >= 0.6 is 49.9 Å². The van der Waals surface area contributed by atoms with E-state index in [9.17, 15) is 14.0 Å². The van der Waals surface area contributed by atoms with Gasteiger partial charge in [-0.25, -0.2) is 14.2 Å². The fourth-order valence-electron chi connectivity index (χ4n) is 4.60. The molecule has 0 aliphatic carbocycles. The van der Waals surface area contributed by atoms with Crippen molar-refractivity contribution in [2.75, 3.05) is 13.7 Å². The van der Waals surface area contributed by atoms with E-state index in [2.05, 4.69) is 43.5 Å². The van der Waals surface area contributed by atoms with Crippen molar-refractivity contribution in [1.29, 1.82) is 0 Å². The number of benzene rings is 3. The summed E-state index contributed by atoms with van der Waals surface area (Å²) in [5.41, 5.74) is 2.67. The lowest BCUT2D eigenvalue weighted by Gasteiger charge is -2.24. The fraction of sp³-hybridized carbons (Fsp3) is 0.194. The number of carbonyl (C=O) groups is 1. The molecule has 0 saturated carbocycles. The van der Waals surface area contributed by atoms with Gasteiger partial charge in [-0.15, -0.1) is 0 Å². The molecule has 0 fully saturated rings. The Morgan fingerprint density at radius 3 is 2.55 bits per heavy atom. The van der Waals surface area contributed by atoms with Crippen LogP contribution in [0, 0.1) is 9.39 Å². The smallest absolute Gasteiger partial charge is 0.338 e. The Bertz CT molecular complexity index is 1870. The first-order chi connectivity index (χ1) is 20.2. The van der Waals surface area contributed by atoms with Gasteiger partial charge >= 0.3 is 5.97 Å². The van der Waals surface area contributed by atoms with Crippen LogP contribution in [0.25, 0.3) is 6.08 Å². The molecule has 0 spiro atoms. The maximum absolute atomic E-state index is 13.9. The Hall–Kier alpha value is -3.29. The number of halogens is 3. The quantitative estimate of drug-likeness (QED) is 0.165. The number of ether oxygens (including phenoxy) is 3. The number of hydrogen-bond acceptors (Lipinski definition) is 7. The molecule has 0 saturated heterocycles. The van der Waals surface area contributed by atoms with Crippen molar-refractivity contribution < 1.29 is 23.4 Å². The van der Waals surface area contributed by atoms with Gasteiger partial charge in [-0.1, -0.05) is 51.5 Å². The van der Waals surface area contributed by atoms with Gasteiger partial charge < -0.3 is 14.2 Å². The zero-order valence-corrected chi connectivity index (χ0v) is 27.4. The molecule has 0 unspecified atom stereocenters. The van der Waals surface area contributed by atoms with Crippen molar-refractivity contribution in [3.63, 3.8) is 0 Å². The van der Waals surface area contributed by atoms with Crippen molar-refractivity contribution in [3.05, 3.63) is 122 Å². The average molecular weight is 763 g/mol. The molecule has 1 aromatic heterocycles. The van der Waals surface area contributed by atoms with Crippen LogP contribution in [0.1, 0.15) is 36.6 Å². The molecule has 1 aliphatic rings. The fourth-order valence-corrected chi connectivity index (χ4v) is 6.69. The van der Waals surface area contributed by atoms with Crippen LogP contribution in [0.4, 0.5) is 4.39 Å². The summed E-state index contributed by atoms with van der Waals surface area (Å²) < 4.78 is 34.5. The molecule has 1 atom stereocenters. The number of rotatable bonds is 8. The molecule has 42 heavy (non-hydrogen) atoms. The van der Waals surface area contributed by atoms with Crippen molar-refractivity contribution in [2.24, 2.45) is 4.99 Å². The predicted octanol–water partition coefficient (Wildman–Crippen LogP) is 5.89. The first-order valence-electron chi connectivity index (χ1n) is 12.9. The lowest BCUT2D eigenvalue weighted by Crippen LogP contribution is -2.39. The summed E-state index contributed by atoms with van der Waals surface area (Å²) in [4.78, 5) is 31.9. The third kappa shape index (κ3) is 6.23. The second-order valence-corrected chi connectivity index (χ2v) is 12.4. The third-order valence-electron chi connectivity index (χ3n) is 6.55. The second kappa shape index (κ2) is 12.9. The highest BCUT2D eigenvalue weighted by atomic mass is 127. The number of thiazole rings is 1. The van der Waals surface area contributed by atoms with E-state index in [1.807, 2.05) is 36.4 Å². The van der Waals surface area contributed by atoms with Crippen LogP contribution in [-0.4, -0.2) is 24.3 Å². The summed E-state index contributed by atoms with van der Waals surface area (Å²) in [7, 11) is 1.57.